The molecule has 0 spiro atoms. The van der Waals surface area contributed by atoms with E-state index in [1.807, 2.05) is 50.2 Å². The number of likely N-dealkylation sites (tertiary alicyclic amines) is 1. The maximum absolute atomic E-state index is 12.6. The van der Waals surface area contributed by atoms with Crippen molar-refractivity contribution < 1.29 is 13.7 Å². The van der Waals surface area contributed by atoms with E-state index in [9.17, 15) is 4.79 Å². The van der Waals surface area contributed by atoms with E-state index in [2.05, 4.69) is 20.4 Å². The molecule has 0 saturated carbocycles. The van der Waals surface area contributed by atoms with Crippen LogP contribution >= 0.6 is 0 Å². The molecule has 3 aromatic rings. The highest BCUT2D eigenvalue weighted by atomic mass is 16.5. The molecule has 1 N–H and O–H groups in total. The van der Waals surface area contributed by atoms with Gasteiger partial charge in [-0.2, -0.15) is 4.98 Å². The minimum absolute atomic E-state index is 0.0386. The number of benzene rings is 1. The highest BCUT2D eigenvalue weighted by molar-refractivity contribution is 5.78. The molecule has 1 fully saturated rings. The molecular formula is C22H26N4O3. The molecule has 0 radical (unpaired) electrons. The van der Waals surface area contributed by atoms with Crippen molar-refractivity contribution in [2.45, 2.75) is 39.8 Å². The standard InChI is InChI=1S/C22H26N4O3/c1-15-5-8-17(9-6-15)22-24-20(25-29-22)14-26-11-3-4-18(13-26)21(27)23-12-19-10-7-16(2)28-19/h5-10,18H,3-4,11-14H2,1-2H3,(H,23,27)/t18-/m0/s1. The summed E-state index contributed by atoms with van der Waals surface area (Å²) in [7, 11) is 0. The number of hydrogen-bond acceptors (Lipinski definition) is 6. The molecule has 4 rings (SSSR count). The molecule has 1 aliphatic rings. The normalized spacial score (nSPS) is 17.4. The van der Waals surface area contributed by atoms with Crippen molar-refractivity contribution in [2.24, 2.45) is 5.92 Å². The summed E-state index contributed by atoms with van der Waals surface area (Å²) in [6.45, 7) is 6.56. The first-order valence-corrected chi connectivity index (χ1v) is 10.0. The van der Waals surface area contributed by atoms with E-state index < -0.39 is 0 Å². The van der Waals surface area contributed by atoms with Crippen LogP contribution in [-0.4, -0.2) is 34.0 Å². The molecule has 29 heavy (non-hydrogen) atoms. The third-order valence-corrected chi connectivity index (χ3v) is 5.24. The Hall–Kier alpha value is -2.93. The fourth-order valence-corrected chi connectivity index (χ4v) is 3.64. The van der Waals surface area contributed by atoms with Gasteiger partial charge < -0.3 is 14.3 Å². The second kappa shape index (κ2) is 8.61. The first kappa shape index (κ1) is 19.4. The van der Waals surface area contributed by atoms with Crippen LogP contribution in [0.4, 0.5) is 0 Å². The zero-order chi connectivity index (χ0) is 20.2. The van der Waals surface area contributed by atoms with Gasteiger partial charge in [0.25, 0.3) is 5.89 Å². The molecule has 1 atom stereocenters. The molecule has 0 unspecified atom stereocenters. The van der Waals surface area contributed by atoms with Crippen molar-refractivity contribution in [3.8, 4) is 11.5 Å². The first-order chi connectivity index (χ1) is 14.1. The second-order valence-corrected chi connectivity index (χ2v) is 7.69. The van der Waals surface area contributed by atoms with Gasteiger partial charge in [0.05, 0.1) is 19.0 Å². The lowest BCUT2D eigenvalue weighted by atomic mass is 9.97. The van der Waals surface area contributed by atoms with Gasteiger partial charge in [0.15, 0.2) is 5.82 Å². The summed E-state index contributed by atoms with van der Waals surface area (Å²) in [6.07, 6.45) is 1.86. The number of nitrogens with zero attached hydrogens (tertiary/aromatic N) is 3. The van der Waals surface area contributed by atoms with E-state index in [1.54, 1.807) is 0 Å². The molecule has 3 heterocycles. The Balaban J connectivity index is 1.31. The van der Waals surface area contributed by atoms with Crippen molar-refractivity contribution in [1.82, 2.24) is 20.4 Å². The van der Waals surface area contributed by atoms with Crippen molar-refractivity contribution in [2.75, 3.05) is 13.1 Å². The second-order valence-electron chi connectivity index (χ2n) is 7.69. The highest BCUT2D eigenvalue weighted by Gasteiger charge is 2.26. The van der Waals surface area contributed by atoms with Crippen LogP contribution in [0.25, 0.3) is 11.5 Å². The molecule has 1 aromatic carbocycles. The van der Waals surface area contributed by atoms with Crippen molar-refractivity contribution in [3.63, 3.8) is 0 Å². The molecule has 2 aromatic heterocycles. The monoisotopic (exact) mass is 394 g/mol. The number of amides is 1. The van der Waals surface area contributed by atoms with Gasteiger partial charge in [-0.15, -0.1) is 0 Å². The van der Waals surface area contributed by atoms with Crippen molar-refractivity contribution in [3.05, 3.63) is 59.3 Å². The van der Waals surface area contributed by atoms with E-state index in [4.69, 9.17) is 8.94 Å². The quantitative estimate of drug-likeness (QED) is 0.689. The molecular weight excluding hydrogens is 368 g/mol. The summed E-state index contributed by atoms with van der Waals surface area (Å²) in [5.74, 6) is 2.83. The largest absolute Gasteiger partial charge is 0.465 e. The highest BCUT2D eigenvalue weighted by Crippen LogP contribution is 2.21. The van der Waals surface area contributed by atoms with Gasteiger partial charge in [0.1, 0.15) is 11.5 Å². The number of nitrogens with one attached hydrogen (secondary N) is 1. The van der Waals surface area contributed by atoms with E-state index in [1.165, 1.54) is 5.56 Å². The van der Waals surface area contributed by atoms with E-state index >= 15 is 0 Å². The topological polar surface area (TPSA) is 84.4 Å². The molecule has 152 valence electrons. The number of aromatic nitrogens is 2. The lowest BCUT2D eigenvalue weighted by Gasteiger charge is -2.30. The molecule has 0 bridgehead atoms. The van der Waals surface area contributed by atoms with Crippen LogP contribution in [0.1, 0.15) is 35.7 Å². The maximum Gasteiger partial charge on any atom is 0.257 e. The van der Waals surface area contributed by atoms with Gasteiger partial charge in [-0.05, 0) is 57.5 Å². The van der Waals surface area contributed by atoms with Crippen LogP contribution in [-0.2, 0) is 17.9 Å². The summed E-state index contributed by atoms with van der Waals surface area (Å²) in [6, 6.07) is 11.8. The van der Waals surface area contributed by atoms with Gasteiger partial charge in [-0.3, -0.25) is 9.69 Å². The van der Waals surface area contributed by atoms with Crippen molar-refractivity contribution in [1.29, 1.82) is 0 Å². The summed E-state index contributed by atoms with van der Waals surface area (Å²) >= 11 is 0. The number of hydrogen-bond donors (Lipinski definition) is 1. The molecule has 1 saturated heterocycles. The Labute approximate surface area is 170 Å². The van der Waals surface area contributed by atoms with E-state index in [0.29, 0.717) is 31.3 Å². The van der Waals surface area contributed by atoms with Gasteiger partial charge in [0, 0.05) is 12.1 Å². The Morgan fingerprint density at radius 1 is 1.21 bits per heavy atom. The minimum atomic E-state index is -0.0386. The Morgan fingerprint density at radius 3 is 2.79 bits per heavy atom. The molecule has 7 heteroatoms. The average molecular weight is 394 g/mol. The van der Waals surface area contributed by atoms with E-state index in [-0.39, 0.29) is 11.8 Å². The van der Waals surface area contributed by atoms with Crippen LogP contribution in [0.2, 0.25) is 0 Å². The van der Waals surface area contributed by atoms with Crippen LogP contribution in [0.5, 0.6) is 0 Å². The summed E-state index contributed by atoms with van der Waals surface area (Å²) in [5, 5.41) is 7.10. The Morgan fingerprint density at radius 2 is 2.03 bits per heavy atom. The number of rotatable bonds is 6. The van der Waals surface area contributed by atoms with Gasteiger partial charge in [-0.25, -0.2) is 0 Å². The number of aryl methyl sites for hydroxylation is 2. The van der Waals surface area contributed by atoms with Crippen LogP contribution < -0.4 is 5.32 Å². The summed E-state index contributed by atoms with van der Waals surface area (Å²) < 4.78 is 10.9. The lowest BCUT2D eigenvalue weighted by Crippen LogP contribution is -2.42. The van der Waals surface area contributed by atoms with Gasteiger partial charge in [-0.1, -0.05) is 22.9 Å². The molecule has 1 aliphatic heterocycles. The zero-order valence-corrected chi connectivity index (χ0v) is 16.9. The van der Waals surface area contributed by atoms with Crippen molar-refractivity contribution >= 4 is 5.91 Å². The smallest absolute Gasteiger partial charge is 0.257 e. The molecule has 7 nitrogen and oxygen atoms in total. The van der Waals surface area contributed by atoms with Gasteiger partial charge in [0.2, 0.25) is 5.91 Å². The van der Waals surface area contributed by atoms with Crippen LogP contribution in [0.15, 0.2) is 45.3 Å². The van der Waals surface area contributed by atoms with Gasteiger partial charge >= 0.3 is 0 Å². The number of piperidine rings is 1. The van der Waals surface area contributed by atoms with E-state index in [0.717, 1.165) is 36.5 Å². The summed E-state index contributed by atoms with van der Waals surface area (Å²) in [4.78, 5) is 19.3. The first-order valence-electron chi connectivity index (χ1n) is 10.0. The average Bonchev–Trinajstić information content (AvgIpc) is 3.36. The molecule has 0 aliphatic carbocycles. The number of furan rings is 1. The summed E-state index contributed by atoms with van der Waals surface area (Å²) in [5.41, 5.74) is 2.10. The predicted molar refractivity (Wildman–Crippen MR) is 108 cm³/mol. The van der Waals surface area contributed by atoms with Crippen LogP contribution in [0, 0.1) is 19.8 Å². The number of carbonyl (C=O) groups is 1. The third kappa shape index (κ3) is 4.92. The third-order valence-electron chi connectivity index (χ3n) is 5.24. The fourth-order valence-electron chi connectivity index (χ4n) is 3.64. The maximum atomic E-state index is 12.6. The molecule has 1 amide bonds. The van der Waals surface area contributed by atoms with Crippen LogP contribution in [0.3, 0.4) is 0 Å². The number of carbonyl (C=O) groups excluding carboxylic acids is 1. The Bertz CT molecular complexity index is 961. The lowest BCUT2D eigenvalue weighted by molar-refractivity contribution is -0.127. The Kier molecular flexibility index (Phi) is 5.76. The zero-order valence-electron chi connectivity index (χ0n) is 16.9. The fraction of sp³-hybridized carbons (Fsp3) is 0.409. The minimum Gasteiger partial charge on any atom is -0.465 e. The SMILES string of the molecule is Cc1ccc(-c2nc(CN3CCC[C@H](C(=O)NCc4ccc(C)o4)C3)no2)cc1. The predicted octanol–water partition coefficient (Wildman–Crippen LogP) is 3.47.